The molecule has 1 aliphatic rings. The van der Waals surface area contributed by atoms with Crippen LogP contribution >= 0.6 is 11.8 Å². The molecule has 104 valence electrons. The van der Waals surface area contributed by atoms with Crippen LogP contribution in [0.3, 0.4) is 0 Å². The Morgan fingerprint density at radius 2 is 2.53 bits per heavy atom. The van der Waals surface area contributed by atoms with Crippen molar-refractivity contribution in [3.63, 3.8) is 0 Å². The van der Waals surface area contributed by atoms with Gasteiger partial charge in [0.25, 0.3) is 0 Å². The average molecular weight is 283 g/mol. The molecule has 1 unspecified atom stereocenters. The number of carbonyl (C=O) groups is 1. The largest absolute Gasteiger partial charge is 0.462 e. The first-order valence-electron chi connectivity index (χ1n) is 6.17. The predicted molar refractivity (Wildman–Crippen MR) is 72.6 cm³/mol. The van der Waals surface area contributed by atoms with Crippen LogP contribution in [0.25, 0.3) is 0 Å². The topological polar surface area (TPSA) is 73.3 Å². The number of thioether (sulfide) groups is 1. The number of rotatable bonds is 5. The Labute approximate surface area is 116 Å². The molecule has 2 heterocycles. The molecule has 6 nitrogen and oxygen atoms in total. The number of hydrogen-bond acceptors (Lipinski definition) is 7. The second-order valence-electron chi connectivity index (χ2n) is 4.04. The zero-order chi connectivity index (χ0) is 13.7. The molecule has 1 saturated heterocycles. The van der Waals surface area contributed by atoms with Gasteiger partial charge in [0.2, 0.25) is 0 Å². The van der Waals surface area contributed by atoms with Crippen molar-refractivity contribution in [3.8, 4) is 0 Å². The normalized spacial score (nSPS) is 18.3. The van der Waals surface area contributed by atoms with Crippen LogP contribution in [0.5, 0.6) is 0 Å². The van der Waals surface area contributed by atoms with Gasteiger partial charge < -0.3 is 14.8 Å². The highest BCUT2D eigenvalue weighted by atomic mass is 32.2. The van der Waals surface area contributed by atoms with E-state index in [1.54, 1.807) is 6.92 Å². The molecule has 0 radical (unpaired) electrons. The third-order valence-electron chi connectivity index (χ3n) is 2.72. The summed E-state index contributed by atoms with van der Waals surface area (Å²) in [7, 11) is 0. The van der Waals surface area contributed by atoms with E-state index in [0.717, 1.165) is 13.0 Å². The van der Waals surface area contributed by atoms with Crippen LogP contribution in [0.2, 0.25) is 0 Å². The molecular weight excluding hydrogens is 266 g/mol. The molecule has 7 heteroatoms. The first kappa shape index (κ1) is 14.1. The smallest absolute Gasteiger partial charge is 0.343 e. The van der Waals surface area contributed by atoms with E-state index in [2.05, 4.69) is 15.3 Å². The maximum absolute atomic E-state index is 11.9. The second kappa shape index (κ2) is 6.72. The van der Waals surface area contributed by atoms with Gasteiger partial charge in [-0.25, -0.2) is 14.8 Å². The molecule has 1 aromatic heterocycles. The summed E-state index contributed by atoms with van der Waals surface area (Å²) >= 11 is 1.43. The molecule has 1 aliphatic heterocycles. The number of nitrogens with one attached hydrogen (secondary N) is 1. The van der Waals surface area contributed by atoms with Crippen LogP contribution < -0.4 is 5.32 Å². The number of ether oxygens (including phenoxy) is 2. The lowest BCUT2D eigenvalue weighted by Gasteiger charge is -2.14. The molecule has 0 amide bonds. The minimum atomic E-state index is -0.406. The lowest BCUT2D eigenvalue weighted by atomic mass is 10.2. The van der Waals surface area contributed by atoms with Crippen molar-refractivity contribution < 1.29 is 14.3 Å². The van der Waals surface area contributed by atoms with Crippen molar-refractivity contribution in [2.45, 2.75) is 24.5 Å². The summed E-state index contributed by atoms with van der Waals surface area (Å²) in [5.41, 5.74) is 0.367. The van der Waals surface area contributed by atoms with Crippen LogP contribution in [-0.2, 0) is 9.47 Å². The highest BCUT2D eigenvalue weighted by Gasteiger charge is 2.21. The van der Waals surface area contributed by atoms with Crippen LogP contribution in [0.15, 0.2) is 11.4 Å². The standard InChI is InChI=1S/C12H17N3O3S/c1-3-18-11(16)9-6-13-12(19-2)15-10(9)14-8-4-5-17-7-8/h6,8H,3-5,7H2,1-2H3,(H,13,14,15). The average Bonchev–Trinajstić information content (AvgIpc) is 2.91. The van der Waals surface area contributed by atoms with Gasteiger partial charge in [-0.2, -0.15) is 0 Å². The molecule has 1 fully saturated rings. The van der Waals surface area contributed by atoms with Crippen molar-refractivity contribution in [2.75, 3.05) is 31.4 Å². The van der Waals surface area contributed by atoms with Gasteiger partial charge in [-0.1, -0.05) is 11.8 Å². The van der Waals surface area contributed by atoms with Crippen LogP contribution in [0, 0.1) is 0 Å². The number of nitrogens with zero attached hydrogens (tertiary/aromatic N) is 2. The van der Waals surface area contributed by atoms with Gasteiger partial charge in [0, 0.05) is 12.8 Å². The summed E-state index contributed by atoms with van der Waals surface area (Å²) in [4.78, 5) is 20.3. The summed E-state index contributed by atoms with van der Waals surface area (Å²) in [5, 5.41) is 3.85. The summed E-state index contributed by atoms with van der Waals surface area (Å²) in [6.07, 6.45) is 4.30. The molecule has 1 aromatic rings. The maximum Gasteiger partial charge on any atom is 0.343 e. The van der Waals surface area contributed by atoms with Gasteiger partial charge in [-0.15, -0.1) is 0 Å². The van der Waals surface area contributed by atoms with Gasteiger partial charge in [0.1, 0.15) is 11.4 Å². The highest BCUT2D eigenvalue weighted by Crippen LogP contribution is 2.20. The Morgan fingerprint density at radius 3 is 3.16 bits per heavy atom. The number of hydrogen-bond donors (Lipinski definition) is 1. The Bertz CT molecular complexity index is 450. The second-order valence-corrected chi connectivity index (χ2v) is 4.82. The molecule has 19 heavy (non-hydrogen) atoms. The quantitative estimate of drug-likeness (QED) is 0.499. The number of carbonyl (C=O) groups excluding carboxylic acids is 1. The zero-order valence-electron chi connectivity index (χ0n) is 11.0. The number of aromatic nitrogens is 2. The minimum Gasteiger partial charge on any atom is -0.462 e. The molecule has 0 spiro atoms. The molecule has 0 aromatic carbocycles. The van der Waals surface area contributed by atoms with Gasteiger partial charge in [0.05, 0.1) is 19.3 Å². The zero-order valence-corrected chi connectivity index (χ0v) is 11.8. The molecule has 2 rings (SSSR count). The SMILES string of the molecule is CCOC(=O)c1cnc(SC)nc1NC1CCOC1. The molecule has 1 atom stereocenters. The van der Waals surface area contributed by atoms with Crippen molar-refractivity contribution >= 4 is 23.5 Å². The fourth-order valence-electron chi connectivity index (χ4n) is 1.77. The number of anilines is 1. The van der Waals surface area contributed by atoms with Crippen LogP contribution in [-0.4, -0.2) is 48.1 Å². The molecular formula is C12H17N3O3S. The van der Waals surface area contributed by atoms with E-state index < -0.39 is 5.97 Å². The number of esters is 1. The van der Waals surface area contributed by atoms with Gasteiger partial charge >= 0.3 is 5.97 Å². The monoisotopic (exact) mass is 283 g/mol. The summed E-state index contributed by atoms with van der Waals surface area (Å²) in [6.45, 7) is 3.45. The van der Waals surface area contributed by atoms with E-state index >= 15 is 0 Å². The summed E-state index contributed by atoms with van der Waals surface area (Å²) < 4.78 is 10.3. The fraction of sp³-hybridized carbons (Fsp3) is 0.583. The fourth-order valence-corrected chi connectivity index (χ4v) is 2.11. The van der Waals surface area contributed by atoms with Crippen LogP contribution in [0.1, 0.15) is 23.7 Å². The lowest BCUT2D eigenvalue weighted by Crippen LogP contribution is -2.22. The van der Waals surface area contributed by atoms with E-state index in [-0.39, 0.29) is 6.04 Å². The third-order valence-corrected chi connectivity index (χ3v) is 3.28. The highest BCUT2D eigenvalue weighted by molar-refractivity contribution is 7.98. The Kier molecular flexibility index (Phi) is 4.98. The molecule has 1 N–H and O–H groups in total. The first-order chi connectivity index (χ1) is 9.24. The van der Waals surface area contributed by atoms with Gasteiger partial charge in [-0.3, -0.25) is 0 Å². The predicted octanol–water partition coefficient (Wildman–Crippen LogP) is 1.58. The molecule has 0 bridgehead atoms. The van der Waals surface area contributed by atoms with E-state index in [4.69, 9.17) is 9.47 Å². The summed E-state index contributed by atoms with van der Waals surface area (Å²) in [5.74, 6) is 0.116. The van der Waals surface area contributed by atoms with Gasteiger partial charge in [-0.05, 0) is 19.6 Å². The minimum absolute atomic E-state index is 0.179. The van der Waals surface area contributed by atoms with E-state index in [9.17, 15) is 4.79 Å². The summed E-state index contributed by atoms with van der Waals surface area (Å²) in [6, 6.07) is 0.179. The first-order valence-corrected chi connectivity index (χ1v) is 7.39. The van der Waals surface area contributed by atoms with E-state index in [1.165, 1.54) is 18.0 Å². The third kappa shape index (κ3) is 3.57. The Balaban J connectivity index is 2.22. The van der Waals surface area contributed by atoms with Gasteiger partial charge in [0.15, 0.2) is 5.16 Å². The van der Waals surface area contributed by atoms with Crippen molar-refractivity contribution in [1.82, 2.24) is 9.97 Å². The van der Waals surface area contributed by atoms with Crippen LogP contribution in [0.4, 0.5) is 5.82 Å². The lowest BCUT2D eigenvalue weighted by molar-refractivity contribution is 0.0526. The molecule has 0 saturated carbocycles. The van der Waals surface area contributed by atoms with Crippen molar-refractivity contribution in [1.29, 1.82) is 0 Å². The van der Waals surface area contributed by atoms with E-state index in [0.29, 0.717) is 29.8 Å². The maximum atomic E-state index is 11.9. The van der Waals surface area contributed by atoms with E-state index in [1.807, 2.05) is 6.26 Å². The Hall–Kier alpha value is -1.34. The molecule has 0 aliphatic carbocycles. The van der Waals surface area contributed by atoms with Crippen molar-refractivity contribution in [2.24, 2.45) is 0 Å². The van der Waals surface area contributed by atoms with Crippen molar-refractivity contribution in [3.05, 3.63) is 11.8 Å². The Morgan fingerprint density at radius 1 is 1.68 bits per heavy atom.